The third-order valence-electron chi connectivity index (χ3n) is 3.61. The highest BCUT2D eigenvalue weighted by Gasteiger charge is 2.11. The van der Waals surface area contributed by atoms with Crippen LogP contribution in [-0.2, 0) is 21.1 Å². The number of carbonyl (C=O) groups excluding carboxylic acids is 1. The molecule has 0 aliphatic rings. The van der Waals surface area contributed by atoms with Crippen LogP contribution in [0, 0.1) is 6.92 Å². The summed E-state index contributed by atoms with van der Waals surface area (Å²) >= 11 is 0. The molecular formula is C18H21NO4S. The van der Waals surface area contributed by atoms with Gasteiger partial charge in [-0.3, -0.25) is 4.79 Å². The van der Waals surface area contributed by atoms with E-state index in [4.69, 9.17) is 4.74 Å². The molecule has 0 unspecified atom stereocenters. The highest BCUT2D eigenvalue weighted by molar-refractivity contribution is 7.90. The summed E-state index contributed by atoms with van der Waals surface area (Å²) in [4.78, 5) is 12.2. The highest BCUT2D eigenvalue weighted by Crippen LogP contribution is 2.20. The van der Waals surface area contributed by atoms with Crippen LogP contribution in [-0.4, -0.2) is 27.2 Å². The number of amides is 1. The SMILES string of the molecule is CCc1ccc(OCC(=O)Nc2cc(S(C)(=O)=O)ccc2C)cc1. The summed E-state index contributed by atoms with van der Waals surface area (Å²) < 4.78 is 28.7. The molecule has 0 saturated carbocycles. The van der Waals surface area contributed by atoms with Gasteiger partial charge in [0.1, 0.15) is 5.75 Å². The van der Waals surface area contributed by atoms with Gasteiger partial charge in [0.15, 0.2) is 16.4 Å². The zero-order chi connectivity index (χ0) is 17.7. The van der Waals surface area contributed by atoms with E-state index in [9.17, 15) is 13.2 Å². The van der Waals surface area contributed by atoms with Crippen LogP contribution in [0.5, 0.6) is 5.75 Å². The maximum absolute atomic E-state index is 12.0. The Morgan fingerprint density at radius 3 is 2.38 bits per heavy atom. The molecule has 128 valence electrons. The molecule has 1 N–H and O–H groups in total. The Morgan fingerprint density at radius 2 is 1.79 bits per heavy atom. The maximum atomic E-state index is 12.0. The lowest BCUT2D eigenvalue weighted by atomic mass is 10.2. The van der Waals surface area contributed by atoms with Gasteiger partial charge in [0.05, 0.1) is 4.90 Å². The number of hydrogen-bond donors (Lipinski definition) is 1. The number of sulfone groups is 1. The fourth-order valence-corrected chi connectivity index (χ4v) is 2.77. The number of nitrogens with one attached hydrogen (secondary N) is 1. The van der Waals surface area contributed by atoms with Gasteiger partial charge in [-0.1, -0.05) is 25.1 Å². The largest absolute Gasteiger partial charge is 0.484 e. The Hall–Kier alpha value is -2.34. The predicted molar refractivity (Wildman–Crippen MR) is 94.2 cm³/mol. The second-order valence-corrected chi connectivity index (χ2v) is 7.60. The van der Waals surface area contributed by atoms with Crippen molar-refractivity contribution in [3.8, 4) is 5.75 Å². The monoisotopic (exact) mass is 347 g/mol. The van der Waals surface area contributed by atoms with Gasteiger partial charge in [-0.25, -0.2) is 8.42 Å². The fraction of sp³-hybridized carbons (Fsp3) is 0.278. The standard InChI is InChI=1S/C18H21NO4S/c1-4-14-6-8-15(9-7-14)23-12-18(20)19-17-11-16(24(3,21)22)10-5-13(17)2/h5-11H,4,12H2,1-3H3,(H,19,20). The topological polar surface area (TPSA) is 72.5 Å². The molecule has 0 spiro atoms. The number of rotatable bonds is 6. The first-order valence-electron chi connectivity index (χ1n) is 7.62. The van der Waals surface area contributed by atoms with Crippen molar-refractivity contribution in [3.63, 3.8) is 0 Å². The van der Waals surface area contributed by atoms with Crippen molar-refractivity contribution in [1.82, 2.24) is 0 Å². The lowest BCUT2D eigenvalue weighted by molar-refractivity contribution is -0.118. The minimum Gasteiger partial charge on any atom is -0.484 e. The van der Waals surface area contributed by atoms with E-state index in [0.717, 1.165) is 18.2 Å². The highest BCUT2D eigenvalue weighted by atomic mass is 32.2. The minimum absolute atomic E-state index is 0.145. The van der Waals surface area contributed by atoms with Gasteiger partial charge in [0, 0.05) is 11.9 Å². The summed E-state index contributed by atoms with van der Waals surface area (Å²) in [7, 11) is -3.32. The smallest absolute Gasteiger partial charge is 0.262 e. The molecule has 0 fully saturated rings. The van der Waals surface area contributed by atoms with Crippen molar-refractivity contribution in [1.29, 1.82) is 0 Å². The molecule has 0 aromatic heterocycles. The minimum atomic E-state index is -3.32. The van der Waals surface area contributed by atoms with E-state index in [1.807, 2.05) is 24.3 Å². The van der Waals surface area contributed by atoms with Crippen molar-refractivity contribution >= 4 is 21.4 Å². The number of aryl methyl sites for hydroxylation is 2. The molecule has 24 heavy (non-hydrogen) atoms. The van der Waals surface area contributed by atoms with Crippen molar-refractivity contribution in [2.75, 3.05) is 18.2 Å². The van der Waals surface area contributed by atoms with Gasteiger partial charge < -0.3 is 10.1 Å². The van der Waals surface area contributed by atoms with Gasteiger partial charge >= 0.3 is 0 Å². The quantitative estimate of drug-likeness (QED) is 0.872. The Labute approximate surface area is 142 Å². The normalized spacial score (nSPS) is 11.1. The van der Waals surface area contributed by atoms with Crippen molar-refractivity contribution < 1.29 is 17.9 Å². The maximum Gasteiger partial charge on any atom is 0.262 e. The number of carbonyl (C=O) groups is 1. The zero-order valence-corrected chi connectivity index (χ0v) is 14.8. The summed E-state index contributed by atoms with van der Waals surface area (Å²) in [5.74, 6) is 0.271. The van der Waals surface area contributed by atoms with Crippen LogP contribution in [0.2, 0.25) is 0 Å². The van der Waals surface area contributed by atoms with E-state index < -0.39 is 9.84 Å². The number of anilines is 1. The number of ether oxygens (including phenoxy) is 1. The van der Waals surface area contributed by atoms with Gasteiger partial charge in [0.2, 0.25) is 0 Å². The number of hydrogen-bond acceptors (Lipinski definition) is 4. The molecule has 0 radical (unpaired) electrons. The molecule has 0 saturated heterocycles. The van der Waals surface area contributed by atoms with E-state index >= 15 is 0 Å². The molecule has 0 atom stereocenters. The fourth-order valence-electron chi connectivity index (χ4n) is 2.12. The first kappa shape index (κ1) is 18.0. The Kier molecular flexibility index (Phi) is 5.62. The molecule has 2 rings (SSSR count). The van der Waals surface area contributed by atoms with Crippen molar-refractivity contribution in [2.24, 2.45) is 0 Å². The Morgan fingerprint density at radius 1 is 1.12 bits per heavy atom. The van der Waals surface area contributed by atoms with Gasteiger partial charge in [0.25, 0.3) is 5.91 Å². The lowest BCUT2D eigenvalue weighted by Gasteiger charge is -2.11. The van der Waals surface area contributed by atoms with E-state index in [1.54, 1.807) is 13.0 Å². The average molecular weight is 347 g/mol. The van der Waals surface area contributed by atoms with Gasteiger partial charge in [-0.2, -0.15) is 0 Å². The Bertz CT molecular complexity index is 827. The van der Waals surface area contributed by atoms with Crippen LogP contribution in [0.3, 0.4) is 0 Å². The van der Waals surface area contributed by atoms with Crippen molar-refractivity contribution in [3.05, 3.63) is 53.6 Å². The third kappa shape index (κ3) is 4.83. The van der Waals surface area contributed by atoms with Crippen molar-refractivity contribution in [2.45, 2.75) is 25.2 Å². The van der Waals surface area contributed by atoms with E-state index in [-0.39, 0.29) is 17.4 Å². The van der Waals surface area contributed by atoms with Crippen LogP contribution >= 0.6 is 0 Å². The summed E-state index contributed by atoms with van der Waals surface area (Å²) in [6, 6.07) is 12.2. The van der Waals surface area contributed by atoms with E-state index in [0.29, 0.717) is 11.4 Å². The molecule has 6 heteroatoms. The molecule has 5 nitrogen and oxygen atoms in total. The first-order valence-corrected chi connectivity index (χ1v) is 9.51. The molecule has 0 heterocycles. The first-order chi connectivity index (χ1) is 11.3. The second-order valence-electron chi connectivity index (χ2n) is 5.58. The van der Waals surface area contributed by atoms with Crippen LogP contribution in [0.15, 0.2) is 47.4 Å². The van der Waals surface area contributed by atoms with Crippen LogP contribution in [0.1, 0.15) is 18.1 Å². The number of benzene rings is 2. The van der Waals surface area contributed by atoms with E-state index in [1.165, 1.54) is 17.7 Å². The van der Waals surface area contributed by atoms with Gasteiger partial charge in [-0.15, -0.1) is 0 Å². The molecule has 1 amide bonds. The van der Waals surface area contributed by atoms with Crippen LogP contribution < -0.4 is 10.1 Å². The van der Waals surface area contributed by atoms with Crippen LogP contribution in [0.4, 0.5) is 5.69 Å². The summed E-state index contributed by atoms with van der Waals surface area (Å²) in [6.45, 7) is 3.72. The zero-order valence-electron chi connectivity index (χ0n) is 14.0. The van der Waals surface area contributed by atoms with Gasteiger partial charge in [-0.05, 0) is 48.7 Å². The summed E-state index contributed by atoms with van der Waals surface area (Å²) in [5, 5.41) is 2.69. The lowest BCUT2D eigenvalue weighted by Crippen LogP contribution is -2.20. The molecular weight excluding hydrogens is 326 g/mol. The average Bonchev–Trinajstić information content (AvgIpc) is 2.54. The third-order valence-corrected chi connectivity index (χ3v) is 4.72. The predicted octanol–water partition coefficient (Wildman–Crippen LogP) is 2.98. The van der Waals surface area contributed by atoms with E-state index in [2.05, 4.69) is 12.2 Å². The molecule has 2 aromatic carbocycles. The summed E-state index contributed by atoms with van der Waals surface area (Å²) in [6.07, 6.45) is 2.07. The van der Waals surface area contributed by atoms with Crippen LogP contribution in [0.25, 0.3) is 0 Å². The Balaban J connectivity index is 2.01. The summed E-state index contributed by atoms with van der Waals surface area (Å²) in [5.41, 5.74) is 2.44. The molecule has 0 bridgehead atoms. The molecule has 0 aliphatic heterocycles. The molecule has 0 aliphatic carbocycles. The second kappa shape index (κ2) is 7.49. The molecule has 2 aromatic rings.